The van der Waals surface area contributed by atoms with Gasteiger partial charge in [-0.3, -0.25) is 43.2 Å². The first kappa shape index (κ1) is 65.7. The van der Waals surface area contributed by atoms with E-state index in [1.807, 2.05) is 0 Å². The van der Waals surface area contributed by atoms with E-state index < -0.39 is 65.2 Å². The summed E-state index contributed by atoms with van der Waals surface area (Å²) in [5, 5.41) is 37.2. The number of hydrogen-bond acceptors (Lipinski definition) is 17. The predicted molar refractivity (Wildman–Crippen MR) is 340 cm³/mol. The molecule has 9 amide bonds. The summed E-state index contributed by atoms with van der Waals surface area (Å²) in [6.07, 6.45) is 15.3. The van der Waals surface area contributed by atoms with Crippen LogP contribution in [0.25, 0.3) is 0 Å². The van der Waals surface area contributed by atoms with Crippen molar-refractivity contribution in [2.24, 2.45) is 67.3 Å². The largest absolute Gasteiger partial charge is 0.478 e. The highest BCUT2D eigenvalue weighted by Gasteiger charge is 2.25. The van der Waals surface area contributed by atoms with Gasteiger partial charge >= 0.3 is 5.97 Å². The number of anilines is 7. The number of hydrogen-bond donors (Lipinski definition) is 11. The Labute approximate surface area is 533 Å². The van der Waals surface area contributed by atoms with Crippen LogP contribution in [-0.4, -0.2) is 153 Å². The van der Waals surface area contributed by atoms with E-state index in [-0.39, 0.29) is 112 Å². The Morgan fingerprint density at radius 2 is 0.926 bits per heavy atom. The average Bonchev–Trinajstić information content (AvgIpc) is 1.70. The molecule has 0 spiro atoms. The third-order valence-electron chi connectivity index (χ3n) is 14.2. The number of amides is 9. The van der Waals surface area contributed by atoms with Crippen molar-refractivity contribution in [3.05, 3.63) is 162 Å². The quantitative estimate of drug-likeness (QED) is 0.0211. The molecule has 1 aromatic carbocycles. The number of nitrogens with two attached hydrogens (primary N) is 1. The number of oxime groups is 1. The summed E-state index contributed by atoms with van der Waals surface area (Å²) in [5.41, 5.74) is 8.70. The Balaban J connectivity index is 0.689. The molecule has 8 aromatic heterocycles. The lowest BCUT2D eigenvalue weighted by Gasteiger charge is -2.11. The minimum absolute atomic E-state index is 0.00411. The molecule has 0 aliphatic carbocycles. The van der Waals surface area contributed by atoms with Crippen LogP contribution in [0.2, 0.25) is 0 Å². The minimum Gasteiger partial charge on any atom is -0.478 e. The van der Waals surface area contributed by atoms with Crippen molar-refractivity contribution >= 4 is 106 Å². The van der Waals surface area contributed by atoms with Gasteiger partial charge < -0.3 is 100 Å². The molecule has 0 aliphatic heterocycles. The predicted octanol–water partition coefficient (Wildman–Crippen LogP) is 2.44. The number of aromatic nitrogens is 12. The van der Waals surface area contributed by atoms with E-state index in [0.717, 1.165) is 0 Å². The maximum absolute atomic E-state index is 13.5. The Morgan fingerprint density at radius 3 is 1.40 bits per heavy atom. The highest BCUT2D eigenvalue weighted by Crippen LogP contribution is 2.22. The second-order valence-corrected chi connectivity index (χ2v) is 21.4. The number of carbonyl (C=O) groups excluding carboxylic acids is 9. The zero-order valence-corrected chi connectivity index (χ0v) is 51.8. The molecule has 9 rings (SSSR count). The number of aromatic carboxylic acids is 1. The summed E-state index contributed by atoms with van der Waals surface area (Å²) in [5.74, 6) is -6.15. The maximum atomic E-state index is 13.5. The van der Waals surface area contributed by atoms with Gasteiger partial charge in [-0.1, -0.05) is 17.3 Å². The molecular weight excluding hydrogens is 1220 g/mol. The first-order valence-corrected chi connectivity index (χ1v) is 28.5. The number of nitrogens with one attached hydrogen (secondary N) is 9. The van der Waals surface area contributed by atoms with Crippen LogP contribution in [0.4, 0.5) is 40.2 Å². The molecule has 0 radical (unpaired) electrons. The van der Waals surface area contributed by atoms with Crippen LogP contribution < -0.4 is 53.6 Å². The van der Waals surface area contributed by atoms with Crippen LogP contribution in [-0.2, 0) is 66.0 Å². The highest BCUT2D eigenvalue weighted by molar-refractivity contribution is 6.10. The number of benzene rings is 1. The van der Waals surface area contributed by atoms with Gasteiger partial charge in [-0.25, -0.2) is 24.7 Å². The van der Waals surface area contributed by atoms with Gasteiger partial charge in [0.25, 0.3) is 47.3 Å². The second kappa shape index (κ2) is 28.4. The summed E-state index contributed by atoms with van der Waals surface area (Å²) in [7, 11) is 12.8. The van der Waals surface area contributed by atoms with Gasteiger partial charge in [0.1, 0.15) is 29.4 Å². The standard InChI is InChI=1S/C59H65N23O12/c1-75-17-16-61-46(75)56(89)74-45-31-82(8)49(71-45)58(91)68-37-23-42(79(5)28-37)54(87)73-44-30-80(6)47(69-44)55(88)63-15-13-38(60)50(83)72-43-29-81(7)48(70-43)57(90)67-36-22-41(78(4)27-36)53(86)66-35-21-40(77(3)26-35)52(85)65-34-20-39(76(2)25-34)51(84)62-14-10-18-94-64-24-32-11-9-12-33(19-32)59(92)93/h9,11-12,16-17,19-31,38H,10,13-15,18,60H2,1-8H3,(H,62,84)(H,63,88)(H,65,85)(H,66,86)(H,67,90)(H,68,91)(H,72,83)(H,73,87)(H,74,89)(H,92,93)/b64-24-/t38-/m1/s1. The van der Waals surface area contributed by atoms with Crippen LogP contribution in [0.3, 0.4) is 0 Å². The van der Waals surface area contributed by atoms with Crippen molar-refractivity contribution < 1.29 is 57.9 Å². The Kier molecular flexibility index (Phi) is 19.9. The molecule has 9 aromatic rings. The van der Waals surface area contributed by atoms with Gasteiger partial charge in [0.05, 0.1) is 40.6 Å². The fraction of sp³-hybridized carbons (Fsp3) is 0.237. The van der Waals surface area contributed by atoms with Crippen molar-refractivity contribution in [1.29, 1.82) is 0 Å². The summed E-state index contributed by atoms with van der Waals surface area (Å²) >= 11 is 0. The molecular formula is C59H65N23O12. The van der Waals surface area contributed by atoms with Gasteiger partial charge in [0, 0.05) is 132 Å². The fourth-order valence-electron chi connectivity index (χ4n) is 9.45. The molecule has 94 heavy (non-hydrogen) atoms. The smallest absolute Gasteiger partial charge is 0.335 e. The van der Waals surface area contributed by atoms with Gasteiger partial charge in [-0.05, 0) is 48.4 Å². The Morgan fingerprint density at radius 1 is 0.500 bits per heavy atom. The third kappa shape index (κ3) is 15.8. The lowest BCUT2D eigenvalue weighted by molar-refractivity contribution is -0.117. The summed E-state index contributed by atoms with van der Waals surface area (Å²) in [6, 6.07) is 10.9. The van der Waals surface area contributed by atoms with Crippen molar-refractivity contribution in [1.82, 2.24) is 67.1 Å². The van der Waals surface area contributed by atoms with Gasteiger partial charge in [0.2, 0.25) is 23.4 Å². The van der Waals surface area contributed by atoms with Crippen LogP contribution in [0.5, 0.6) is 0 Å². The molecule has 1 atom stereocenters. The third-order valence-corrected chi connectivity index (χ3v) is 14.2. The number of carbonyl (C=O) groups is 10. The molecule has 0 unspecified atom stereocenters. The highest BCUT2D eigenvalue weighted by atomic mass is 16.6. The van der Waals surface area contributed by atoms with E-state index in [2.05, 4.69) is 72.9 Å². The number of carboxylic acid groups (broad SMARTS) is 1. The van der Waals surface area contributed by atoms with E-state index >= 15 is 0 Å². The van der Waals surface area contributed by atoms with E-state index in [1.165, 1.54) is 125 Å². The Bertz CT molecular complexity index is 4470. The van der Waals surface area contributed by atoms with Gasteiger partial charge in [-0.2, -0.15) is 0 Å². The van der Waals surface area contributed by atoms with Crippen LogP contribution in [0, 0.1) is 0 Å². The summed E-state index contributed by atoms with van der Waals surface area (Å²) in [6.45, 7) is 0.376. The summed E-state index contributed by atoms with van der Waals surface area (Å²) < 4.78 is 11.7. The van der Waals surface area contributed by atoms with Gasteiger partial charge in [0.15, 0.2) is 23.3 Å². The molecule has 0 bridgehead atoms. The zero-order chi connectivity index (χ0) is 67.7. The van der Waals surface area contributed by atoms with E-state index in [4.69, 9.17) is 15.7 Å². The minimum atomic E-state index is -1.14. The summed E-state index contributed by atoms with van der Waals surface area (Å²) in [4.78, 5) is 152. The molecule has 12 N–H and O–H groups in total. The normalized spacial score (nSPS) is 11.4. The maximum Gasteiger partial charge on any atom is 0.335 e. The van der Waals surface area contributed by atoms with E-state index in [1.54, 1.807) is 78.4 Å². The molecule has 0 saturated heterocycles. The molecule has 35 heteroatoms. The first-order valence-electron chi connectivity index (χ1n) is 28.5. The number of rotatable bonds is 26. The van der Waals surface area contributed by atoms with E-state index in [0.29, 0.717) is 17.7 Å². The second-order valence-electron chi connectivity index (χ2n) is 21.4. The monoisotopic (exact) mass is 1290 g/mol. The molecule has 0 fully saturated rings. The number of carboxylic acids is 1. The topological polar surface area (TPSA) is 438 Å². The van der Waals surface area contributed by atoms with Crippen LogP contribution >= 0.6 is 0 Å². The lowest BCUT2D eigenvalue weighted by Crippen LogP contribution is -2.39. The van der Waals surface area contributed by atoms with Crippen LogP contribution in [0.1, 0.15) is 113 Å². The van der Waals surface area contributed by atoms with Crippen LogP contribution in [0.15, 0.2) is 109 Å². The van der Waals surface area contributed by atoms with Crippen molar-refractivity contribution in [3.8, 4) is 0 Å². The van der Waals surface area contributed by atoms with Gasteiger partial charge in [-0.15, -0.1) is 0 Å². The first-order chi connectivity index (χ1) is 44.8. The van der Waals surface area contributed by atoms with Crippen molar-refractivity contribution in [2.45, 2.75) is 18.9 Å². The van der Waals surface area contributed by atoms with Crippen molar-refractivity contribution in [3.63, 3.8) is 0 Å². The number of imidazole rings is 4. The number of aryl methyl sites for hydroxylation is 8. The Hall–Kier alpha value is -12.7. The lowest BCUT2D eigenvalue weighted by atomic mass is 10.1. The average molecular weight is 1290 g/mol. The molecule has 0 aliphatic rings. The zero-order valence-electron chi connectivity index (χ0n) is 51.8. The molecule has 0 saturated carbocycles. The van der Waals surface area contributed by atoms with Crippen molar-refractivity contribution in [2.75, 3.05) is 56.9 Å². The molecule has 8 heterocycles. The molecule has 488 valence electrons. The number of nitrogens with zero attached hydrogens (tertiary/aromatic N) is 13. The SMILES string of the molecule is Cn1cc(NC(=O)c2cc(NC(=O)c3cc(NC(=O)c4nc(NC(=O)[C@H](N)CCNC(=O)c5nc(NC(=O)c6cc(NC(=O)c7nc(NC(=O)c8nccn8C)cn7C)cn6C)cn5C)cn4C)cn3C)cn2C)cc1C(=O)NCCCO/N=C\c1cccc(C(=O)O)c1. The van der Waals surface area contributed by atoms with E-state index in [9.17, 15) is 47.9 Å². The fourth-order valence-corrected chi connectivity index (χ4v) is 9.45. The molecule has 35 nitrogen and oxygen atoms in total.